The number of carboxylic acids is 1. The van der Waals surface area contributed by atoms with E-state index in [1.54, 1.807) is 0 Å². The Kier molecular flexibility index (Phi) is 2.71. The Labute approximate surface area is 79.2 Å². The smallest absolute Gasteiger partial charge is 0.372 e. The lowest BCUT2D eigenvalue weighted by Crippen LogP contribution is -2.14. The summed E-state index contributed by atoms with van der Waals surface area (Å²) in [5.41, 5.74) is 0.259. The number of hydrogen-bond donors (Lipinski definition) is 3. The zero-order valence-electron chi connectivity index (χ0n) is 7.10. The second kappa shape index (κ2) is 3.78. The van der Waals surface area contributed by atoms with Crippen LogP contribution < -0.4 is 0 Å². The van der Waals surface area contributed by atoms with E-state index < -0.39 is 11.8 Å². The van der Waals surface area contributed by atoms with Crippen LogP contribution in [0.15, 0.2) is 18.2 Å². The molecule has 0 bridgehead atoms. The van der Waals surface area contributed by atoms with E-state index in [1.165, 1.54) is 12.1 Å². The highest BCUT2D eigenvalue weighted by Gasteiger charge is 2.12. The molecule has 74 valence electrons. The third-order valence-electron chi connectivity index (χ3n) is 1.57. The number of carbonyl (C=O) groups excluding carboxylic acids is 1. The van der Waals surface area contributed by atoms with E-state index in [0.29, 0.717) is 0 Å². The van der Waals surface area contributed by atoms with E-state index in [0.717, 1.165) is 6.07 Å². The van der Waals surface area contributed by atoms with Gasteiger partial charge in [0.1, 0.15) is 11.5 Å². The first kappa shape index (κ1) is 10.0. The fourth-order valence-corrected chi connectivity index (χ4v) is 1.02. The van der Waals surface area contributed by atoms with E-state index in [-0.39, 0.29) is 23.5 Å². The van der Waals surface area contributed by atoms with Crippen molar-refractivity contribution in [3.05, 3.63) is 23.8 Å². The number of phenolic OH excluding ortho intramolecular Hbond substituents is 2. The highest BCUT2D eigenvalue weighted by molar-refractivity contribution is 6.33. The van der Waals surface area contributed by atoms with Crippen molar-refractivity contribution in [3.8, 4) is 11.5 Å². The molecule has 0 heterocycles. The zero-order valence-corrected chi connectivity index (χ0v) is 7.10. The first-order chi connectivity index (χ1) is 6.49. The molecule has 5 nitrogen and oxygen atoms in total. The van der Waals surface area contributed by atoms with Gasteiger partial charge in [-0.1, -0.05) is 0 Å². The Hall–Kier alpha value is -2.04. The SMILES string of the molecule is O=C(O)C(=O)Cc1cc(O)cc(O)c1. The summed E-state index contributed by atoms with van der Waals surface area (Å²) in [6, 6.07) is 3.54. The molecule has 1 aromatic rings. The molecule has 0 radical (unpaired) electrons. The standard InChI is InChI=1S/C9H8O5/c10-6-1-5(2-7(11)4-6)3-8(12)9(13)14/h1-2,4,10-11H,3H2,(H,13,14). The summed E-state index contributed by atoms with van der Waals surface area (Å²) in [6.07, 6.45) is -0.350. The molecule has 0 saturated heterocycles. The van der Waals surface area contributed by atoms with Gasteiger partial charge < -0.3 is 15.3 Å². The molecule has 0 aliphatic carbocycles. The van der Waals surface area contributed by atoms with Gasteiger partial charge in [-0.05, 0) is 17.7 Å². The van der Waals surface area contributed by atoms with Crippen LogP contribution in [0.2, 0.25) is 0 Å². The largest absolute Gasteiger partial charge is 0.508 e. The lowest BCUT2D eigenvalue weighted by Gasteiger charge is -2.00. The summed E-state index contributed by atoms with van der Waals surface area (Å²) in [5, 5.41) is 26.4. The third kappa shape index (κ3) is 2.48. The first-order valence-electron chi connectivity index (χ1n) is 3.77. The van der Waals surface area contributed by atoms with Crippen LogP contribution in [0.4, 0.5) is 0 Å². The van der Waals surface area contributed by atoms with Crippen LogP contribution in [0.25, 0.3) is 0 Å². The fourth-order valence-electron chi connectivity index (χ4n) is 1.02. The molecule has 0 saturated carbocycles. The number of hydrogen-bond acceptors (Lipinski definition) is 4. The summed E-state index contributed by atoms with van der Waals surface area (Å²) in [5.74, 6) is -2.95. The van der Waals surface area contributed by atoms with Crippen LogP contribution in [-0.4, -0.2) is 27.1 Å². The Morgan fingerprint density at radius 3 is 2.00 bits per heavy atom. The van der Waals surface area contributed by atoms with Crippen molar-refractivity contribution < 1.29 is 24.9 Å². The average molecular weight is 196 g/mol. The molecule has 0 unspecified atom stereocenters. The van der Waals surface area contributed by atoms with Crippen LogP contribution in [0.5, 0.6) is 11.5 Å². The molecule has 0 spiro atoms. The van der Waals surface area contributed by atoms with Crippen LogP contribution in [-0.2, 0) is 16.0 Å². The number of aliphatic carboxylic acids is 1. The van der Waals surface area contributed by atoms with E-state index in [2.05, 4.69) is 0 Å². The summed E-state index contributed by atoms with van der Waals surface area (Å²) in [6.45, 7) is 0. The minimum absolute atomic E-state index is 0.210. The number of benzene rings is 1. The number of Topliss-reactive ketones (excluding diaryl/α,β-unsaturated/α-hetero) is 1. The lowest BCUT2D eigenvalue weighted by atomic mass is 10.1. The maximum atomic E-state index is 10.8. The molecular formula is C9H8O5. The Morgan fingerprint density at radius 1 is 1.07 bits per heavy atom. The van der Waals surface area contributed by atoms with Gasteiger partial charge in [0.05, 0.1) is 0 Å². The summed E-state index contributed by atoms with van der Waals surface area (Å²) < 4.78 is 0. The minimum Gasteiger partial charge on any atom is -0.508 e. The van der Waals surface area contributed by atoms with Gasteiger partial charge in [-0.25, -0.2) is 4.79 Å². The number of phenols is 2. The van der Waals surface area contributed by atoms with E-state index >= 15 is 0 Å². The molecule has 0 aliphatic rings. The molecule has 14 heavy (non-hydrogen) atoms. The summed E-state index contributed by atoms with van der Waals surface area (Å²) in [4.78, 5) is 21.0. The molecule has 0 atom stereocenters. The molecule has 0 aromatic heterocycles. The minimum atomic E-state index is -1.53. The second-order valence-corrected chi connectivity index (χ2v) is 2.76. The number of carbonyl (C=O) groups is 2. The van der Waals surface area contributed by atoms with Gasteiger partial charge in [0.15, 0.2) is 0 Å². The molecule has 0 amide bonds. The Bertz CT molecular complexity index is 363. The van der Waals surface area contributed by atoms with Gasteiger partial charge >= 0.3 is 5.97 Å². The topological polar surface area (TPSA) is 94.8 Å². The van der Waals surface area contributed by atoms with Crippen molar-refractivity contribution in [1.82, 2.24) is 0 Å². The molecular weight excluding hydrogens is 188 g/mol. The predicted octanol–water partition coefficient (Wildman–Crippen LogP) is 0.294. The van der Waals surface area contributed by atoms with Gasteiger partial charge in [-0.15, -0.1) is 0 Å². The normalized spacial score (nSPS) is 9.71. The molecule has 5 heteroatoms. The van der Waals surface area contributed by atoms with Gasteiger partial charge in [-0.2, -0.15) is 0 Å². The maximum Gasteiger partial charge on any atom is 0.372 e. The van der Waals surface area contributed by atoms with E-state index in [1.807, 2.05) is 0 Å². The van der Waals surface area contributed by atoms with Crippen molar-refractivity contribution in [2.45, 2.75) is 6.42 Å². The van der Waals surface area contributed by atoms with Crippen molar-refractivity contribution >= 4 is 11.8 Å². The van der Waals surface area contributed by atoms with E-state index in [9.17, 15) is 9.59 Å². The van der Waals surface area contributed by atoms with Gasteiger partial charge in [-0.3, -0.25) is 4.79 Å². The second-order valence-electron chi connectivity index (χ2n) is 2.76. The highest BCUT2D eigenvalue weighted by atomic mass is 16.4. The quantitative estimate of drug-likeness (QED) is 0.604. The van der Waals surface area contributed by atoms with Crippen LogP contribution in [0, 0.1) is 0 Å². The van der Waals surface area contributed by atoms with Crippen molar-refractivity contribution in [1.29, 1.82) is 0 Å². The number of carboxylic acid groups (broad SMARTS) is 1. The Balaban J connectivity index is 2.87. The van der Waals surface area contributed by atoms with Crippen molar-refractivity contribution in [3.63, 3.8) is 0 Å². The molecule has 1 rings (SSSR count). The van der Waals surface area contributed by atoms with Crippen molar-refractivity contribution in [2.75, 3.05) is 0 Å². The van der Waals surface area contributed by atoms with E-state index in [4.69, 9.17) is 15.3 Å². The highest BCUT2D eigenvalue weighted by Crippen LogP contribution is 2.20. The van der Waals surface area contributed by atoms with Gasteiger partial charge in [0.2, 0.25) is 5.78 Å². The number of aromatic hydroxyl groups is 2. The molecule has 0 fully saturated rings. The maximum absolute atomic E-state index is 10.8. The lowest BCUT2D eigenvalue weighted by molar-refractivity contribution is -0.148. The summed E-state index contributed by atoms with van der Waals surface area (Å²) in [7, 11) is 0. The fraction of sp³-hybridized carbons (Fsp3) is 0.111. The Morgan fingerprint density at radius 2 is 1.57 bits per heavy atom. The van der Waals surface area contributed by atoms with Crippen LogP contribution in [0.1, 0.15) is 5.56 Å². The number of rotatable bonds is 3. The van der Waals surface area contributed by atoms with Crippen molar-refractivity contribution in [2.24, 2.45) is 0 Å². The number of ketones is 1. The predicted molar refractivity (Wildman–Crippen MR) is 46.1 cm³/mol. The third-order valence-corrected chi connectivity index (χ3v) is 1.57. The summed E-state index contributed by atoms with van der Waals surface area (Å²) >= 11 is 0. The van der Waals surface area contributed by atoms with Crippen LogP contribution in [0.3, 0.4) is 0 Å². The zero-order chi connectivity index (χ0) is 10.7. The molecule has 3 N–H and O–H groups in total. The van der Waals surface area contributed by atoms with Crippen LogP contribution >= 0.6 is 0 Å². The average Bonchev–Trinajstić information content (AvgIpc) is 2.01. The monoisotopic (exact) mass is 196 g/mol. The first-order valence-corrected chi connectivity index (χ1v) is 3.77. The molecule has 0 aliphatic heterocycles. The molecule has 1 aromatic carbocycles. The van der Waals surface area contributed by atoms with Gasteiger partial charge in [0.25, 0.3) is 0 Å². The van der Waals surface area contributed by atoms with Gasteiger partial charge in [0, 0.05) is 12.5 Å².